The molecule has 0 bridgehead atoms. The summed E-state index contributed by atoms with van der Waals surface area (Å²) in [5.41, 5.74) is 0.0385. The Balaban J connectivity index is 1.64. The van der Waals surface area contributed by atoms with Crippen LogP contribution in [0.3, 0.4) is 0 Å². The van der Waals surface area contributed by atoms with Gasteiger partial charge in [-0.1, -0.05) is 12.5 Å². The summed E-state index contributed by atoms with van der Waals surface area (Å²) in [6.07, 6.45) is -2.86. The van der Waals surface area contributed by atoms with Gasteiger partial charge in [0.1, 0.15) is 0 Å². The number of phenols is 2. The molecule has 0 saturated heterocycles. The molecule has 0 aliphatic carbocycles. The third-order valence-electron chi connectivity index (χ3n) is 4.83. The Morgan fingerprint density at radius 3 is 2.32 bits per heavy atom. The van der Waals surface area contributed by atoms with Crippen molar-refractivity contribution in [2.24, 2.45) is 0 Å². The van der Waals surface area contributed by atoms with E-state index in [1.807, 2.05) is 6.92 Å². The SMILES string of the molecule is CC(CCCCC(=O)Nc1ccc(C(F)(F)F)cc1)NCC(O)c1ccc(O)c(O)c1. The van der Waals surface area contributed by atoms with Crippen molar-refractivity contribution in [3.8, 4) is 11.5 Å². The number of aliphatic hydroxyl groups is 1. The van der Waals surface area contributed by atoms with Gasteiger partial charge in [0, 0.05) is 24.7 Å². The van der Waals surface area contributed by atoms with E-state index >= 15 is 0 Å². The van der Waals surface area contributed by atoms with E-state index in [9.17, 15) is 33.3 Å². The number of hydrogen-bond acceptors (Lipinski definition) is 5. The smallest absolute Gasteiger partial charge is 0.416 e. The van der Waals surface area contributed by atoms with Gasteiger partial charge in [0.05, 0.1) is 11.7 Å². The number of halogens is 3. The van der Waals surface area contributed by atoms with Crippen LogP contribution in [-0.4, -0.2) is 33.8 Å². The number of aromatic hydroxyl groups is 2. The first-order chi connectivity index (χ1) is 14.6. The number of alkyl halides is 3. The van der Waals surface area contributed by atoms with Crippen LogP contribution >= 0.6 is 0 Å². The van der Waals surface area contributed by atoms with Gasteiger partial charge < -0.3 is 26.0 Å². The quantitative estimate of drug-likeness (QED) is 0.280. The van der Waals surface area contributed by atoms with Crippen LogP contribution in [-0.2, 0) is 11.0 Å². The van der Waals surface area contributed by atoms with Crippen LogP contribution in [0.1, 0.15) is 49.8 Å². The molecule has 31 heavy (non-hydrogen) atoms. The zero-order valence-corrected chi connectivity index (χ0v) is 17.1. The Morgan fingerprint density at radius 1 is 1.03 bits per heavy atom. The first-order valence-electron chi connectivity index (χ1n) is 9.96. The fourth-order valence-electron chi connectivity index (χ4n) is 2.98. The average Bonchev–Trinajstić information content (AvgIpc) is 2.71. The molecule has 0 spiro atoms. The number of amides is 1. The molecule has 0 fully saturated rings. The normalized spacial score (nSPS) is 13.6. The summed E-state index contributed by atoms with van der Waals surface area (Å²) in [5.74, 6) is -0.804. The van der Waals surface area contributed by atoms with Crippen molar-refractivity contribution in [3.63, 3.8) is 0 Å². The summed E-state index contributed by atoms with van der Waals surface area (Å²) >= 11 is 0. The first kappa shape index (κ1) is 24.5. The van der Waals surface area contributed by atoms with E-state index in [0.717, 1.165) is 25.0 Å². The fourth-order valence-corrected chi connectivity index (χ4v) is 2.98. The second kappa shape index (κ2) is 11.0. The van der Waals surface area contributed by atoms with Crippen LogP contribution in [0.2, 0.25) is 0 Å². The van der Waals surface area contributed by atoms with Crippen molar-refractivity contribution in [1.82, 2.24) is 5.32 Å². The van der Waals surface area contributed by atoms with Gasteiger partial charge >= 0.3 is 6.18 Å². The number of benzene rings is 2. The third kappa shape index (κ3) is 8.10. The van der Waals surface area contributed by atoms with Crippen LogP contribution in [0, 0.1) is 0 Å². The Morgan fingerprint density at radius 2 is 1.71 bits per heavy atom. The summed E-state index contributed by atoms with van der Waals surface area (Å²) in [5, 5.41) is 34.7. The van der Waals surface area contributed by atoms with Crippen LogP contribution in [0.15, 0.2) is 42.5 Å². The lowest BCUT2D eigenvalue weighted by atomic mass is 10.1. The molecular formula is C22H27F3N2O4. The van der Waals surface area contributed by atoms with E-state index < -0.39 is 17.8 Å². The van der Waals surface area contributed by atoms with Crippen molar-refractivity contribution in [2.75, 3.05) is 11.9 Å². The predicted octanol–water partition coefficient (Wildman–Crippen LogP) is 4.33. The van der Waals surface area contributed by atoms with Crippen molar-refractivity contribution in [2.45, 2.75) is 50.9 Å². The van der Waals surface area contributed by atoms with E-state index in [-0.39, 0.29) is 36.4 Å². The van der Waals surface area contributed by atoms with Crippen LogP contribution < -0.4 is 10.6 Å². The zero-order valence-electron chi connectivity index (χ0n) is 17.1. The highest BCUT2D eigenvalue weighted by Gasteiger charge is 2.29. The van der Waals surface area contributed by atoms with Crippen molar-refractivity contribution in [1.29, 1.82) is 0 Å². The van der Waals surface area contributed by atoms with E-state index in [1.165, 1.54) is 30.3 Å². The number of anilines is 1. The Labute approximate surface area is 178 Å². The molecule has 2 atom stereocenters. The van der Waals surface area contributed by atoms with Crippen LogP contribution in [0.5, 0.6) is 11.5 Å². The van der Waals surface area contributed by atoms with Crippen LogP contribution in [0.4, 0.5) is 18.9 Å². The molecular weight excluding hydrogens is 413 g/mol. The highest BCUT2D eigenvalue weighted by atomic mass is 19.4. The maximum atomic E-state index is 12.5. The van der Waals surface area contributed by atoms with Gasteiger partial charge in [0.2, 0.25) is 5.91 Å². The molecule has 0 saturated carbocycles. The van der Waals surface area contributed by atoms with Crippen molar-refractivity contribution < 1.29 is 33.3 Å². The first-order valence-corrected chi connectivity index (χ1v) is 9.96. The zero-order chi connectivity index (χ0) is 23.0. The highest BCUT2D eigenvalue weighted by Crippen LogP contribution is 2.30. The Bertz CT molecular complexity index is 857. The molecule has 5 N–H and O–H groups in total. The number of carbonyl (C=O) groups is 1. The minimum Gasteiger partial charge on any atom is -0.504 e. The third-order valence-corrected chi connectivity index (χ3v) is 4.83. The maximum absolute atomic E-state index is 12.5. The molecule has 170 valence electrons. The van der Waals surface area contributed by atoms with E-state index in [1.54, 1.807) is 0 Å². The van der Waals surface area contributed by atoms with E-state index in [4.69, 9.17) is 0 Å². The van der Waals surface area contributed by atoms with Gasteiger partial charge in [0.15, 0.2) is 11.5 Å². The number of phenolic OH excluding ortho intramolecular Hbond substituents is 2. The number of aliphatic hydroxyl groups excluding tert-OH is 1. The summed E-state index contributed by atoms with van der Waals surface area (Å²) in [7, 11) is 0. The van der Waals surface area contributed by atoms with Gasteiger partial charge in [-0.3, -0.25) is 4.79 Å². The van der Waals surface area contributed by atoms with Crippen LogP contribution in [0.25, 0.3) is 0 Å². The highest BCUT2D eigenvalue weighted by molar-refractivity contribution is 5.90. The molecule has 9 heteroatoms. The van der Waals surface area contributed by atoms with Gasteiger partial charge in [-0.05, 0) is 61.7 Å². The molecule has 2 unspecified atom stereocenters. The minimum atomic E-state index is -4.41. The van der Waals surface area contributed by atoms with Gasteiger partial charge in [-0.25, -0.2) is 0 Å². The van der Waals surface area contributed by atoms with E-state index in [2.05, 4.69) is 10.6 Å². The summed E-state index contributed by atoms with van der Waals surface area (Å²) < 4.78 is 37.6. The molecule has 2 aromatic rings. The molecule has 1 amide bonds. The average molecular weight is 440 g/mol. The summed E-state index contributed by atoms with van der Waals surface area (Å²) in [6, 6.07) is 8.54. The minimum absolute atomic E-state index is 0.0818. The monoisotopic (exact) mass is 440 g/mol. The number of hydrogen-bond donors (Lipinski definition) is 5. The number of nitrogens with one attached hydrogen (secondary N) is 2. The van der Waals surface area contributed by atoms with Crippen molar-refractivity contribution >= 4 is 11.6 Å². The lowest BCUT2D eigenvalue weighted by Crippen LogP contribution is -2.30. The number of rotatable bonds is 10. The standard InChI is InChI=1S/C22H27F3N2O4/c1-14(26-13-20(30)15-6-11-18(28)19(29)12-15)4-2-3-5-21(31)27-17-9-7-16(8-10-17)22(23,24)25/h6-12,14,20,26,28-30H,2-5,13H2,1H3,(H,27,31). The lowest BCUT2D eigenvalue weighted by Gasteiger charge is -2.17. The number of unbranched alkanes of at least 4 members (excludes halogenated alkanes) is 1. The largest absolute Gasteiger partial charge is 0.504 e. The Kier molecular flexibility index (Phi) is 8.70. The predicted molar refractivity (Wildman–Crippen MR) is 111 cm³/mol. The molecule has 0 aliphatic heterocycles. The van der Waals surface area contributed by atoms with E-state index in [0.29, 0.717) is 17.7 Å². The maximum Gasteiger partial charge on any atom is 0.416 e. The van der Waals surface area contributed by atoms with Crippen molar-refractivity contribution in [3.05, 3.63) is 53.6 Å². The summed E-state index contributed by atoms with van der Waals surface area (Å²) in [4.78, 5) is 11.9. The molecule has 2 rings (SSSR count). The fraction of sp³-hybridized carbons (Fsp3) is 0.409. The molecule has 0 radical (unpaired) electrons. The molecule has 6 nitrogen and oxygen atoms in total. The van der Waals surface area contributed by atoms with Gasteiger partial charge in [-0.2, -0.15) is 13.2 Å². The molecule has 0 aliphatic rings. The Hall–Kier alpha value is -2.78. The van der Waals surface area contributed by atoms with Gasteiger partial charge in [-0.15, -0.1) is 0 Å². The second-order valence-electron chi connectivity index (χ2n) is 7.44. The summed E-state index contributed by atoms with van der Waals surface area (Å²) in [6.45, 7) is 2.21. The molecule has 0 aromatic heterocycles. The lowest BCUT2D eigenvalue weighted by molar-refractivity contribution is -0.137. The number of carbonyl (C=O) groups excluding carboxylic acids is 1. The van der Waals surface area contributed by atoms with Gasteiger partial charge in [0.25, 0.3) is 0 Å². The molecule has 2 aromatic carbocycles. The topological polar surface area (TPSA) is 102 Å². The molecule has 0 heterocycles. The second-order valence-corrected chi connectivity index (χ2v) is 7.44.